The first-order valence-electron chi connectivity index (χ1n) is 8.69. The predicted molar refractivity (Wildman–Crippen MR) is 120 cm³/mol. The Labute approximate surface area is 198 Å². The molecule has 0 radical (unpaired) electrons. The van der Waals surface area contributed by atoms with Crippen molar-refractivity contribution in [2.24, 2.45) is 5.16 Å². The van der Waals surface area contributed by atoms with Crippen molar-refractivity contribution < 1.29 is 34.2 Å². The van der Waals surface area contributed by atoms with Crippen molar-refractivity contribution in [2.75, 3.05) is 30.1 Å². The number of aliphatic carboxylic acids is 2. The molecule has 172 valence electrons. The van der Waals surface area contributed by atoms with Crippen LogP contribution in [0, 0.1) is 0 Å². The molecule has 32 heavy (non-hydrogen) atoms. The number of β-lactam (4-membered cyclic amide) rings is 1. The molecule has 3 rings (SSSR count). The van der Waals surface area contributed by atoms with E-state index < -0.39 is 47.5 Å². The summed E-state index contributed by atoms with van der Waals surface area (Å²) in [5.74, 6) is -3.19. The number of hydrogen-bond acceptors (Lipinski definition) is 11. The van der Waals surface area contributed by atoms with E-state index in [9.17, 15) is 24.3 Å². The molecule has 1 saturated heterocycles. The third-order valence-electron chi connectivity index (χ3n) is 4.24. The number of nitrogens with one attached hydrogen (secondary N) is 1. The van der Waals surface area contributed by atoms with Gasteiger partial charge in [0.2, 0.25) is 6.61 Å². The van der Waals surface area contributed by atoms with Gasteiger partial charge in [-0.05, 0) is 11.8 Å². The Balaban J connectivity index is 1.82. The van der Waals surface area contributed by atoms with Crippen molar-refractivity contribution in [3.05, 3.63) is 21.3 Å². The van der Waals surface area contributed by atoms with E-state index >= 15 is 0 Å². The van der Waals surface area contributed by atoms with Gasteiger partial charge >= 0.3 is 11.9 Å². The first kappa shape index (κ1) is 24.2. The van der Waals surface area contributed by atoms with Crippen molar-refractivity contribution in [2.45, 2.75) is 11.4 Å². The summed E-state index contributed by atoms with van der Waals surface area (Å²) in [6.07, 6.45) is 1.83. The Morgan fingerprint density at radius 2 is 2.16 bits per heavy atom. The highest BCUT2D eigenvalue weighted by atomic mass is 35.5. The minimum Gasteiger partial charge on any atom is -0.479 e. The molecule has 0 aromatic carbocycles. The fraction of sp³-hybridized carbons (Fsp3) is 0.375. The zero-order valence-corrected chi connectivity index (χ0v) is 19.4. The van der Waals surface area contributed by atoms with Gasteiger partial charge in [-0.3, -0.25) is 14.5 Å². The van der Waals surface area contributed by atoms with Gasteiger partial charge < -0.3 is 26.1 Å². The largest absolute Gasteiger partial charge is 0.479 e. The number of oxime groups is 1. The van der Waals surface area contributed by atoms with Gasteiger partial charge in [-0.2, -0.15) is 11.8 Å². The molecule has 0 spiro atoms. The molecule has 2 aliphatic heterocycles. The molecule has 12 nitrogen and oxygen atoms in total. The topological polar surface area (TPSA) is 185 Å². The normalized spacial score (nSPS) is 20.5. The van der Waals surface area contributed by atoms with Crippen LogP contribution in [0.2, 0.25) is 4.34 Å². The number of rotatable bonds is 9. The lowest BCUT2D eigenvalue weighted by molar-refractivity contribution is -0.150. The molecule has 5 N–H and O–H groups in total. The number of carboxylic acid groups (broad SMARTS) is 2. The van der Waals surface area contributed by atoms with Crippen molar-refractivity contribution >= 4 is 81.1 Å². The maximum absolute atomic E-state index is 12.9. The van der Waals surface area contributed by atoms with Crippen LogP contribution in [0.15, 0.2) is 16.4 Å². The molecule has 0 bridgehead atoms. The standard InChI is InChI=1S/C16H16ClN5O7S3/c1-30-3-5-4-31-14-9(13(26)22(14)10(5)15(27)28)19-12(25)8(21-29-2-6(23)24)7-11(17)32-16(18)20-7/h9,14H,2-4H2,1H3,(H2,18,20)(H,19,25)(H,23,24)(H,27,28)/b21-8-/t9?,14-/m0/s1. The van der Waals surface area contributed by atoms with Crippen LogP contribution in [0.5, 0.6) is 0 Å². The molecule has 1 aromatic rings. The zero-order valence-electron chi connectivity index (χ0n) is 16.2. The SMILES string of the molecule is CSCC1=C(C(=O)O)N2C(=O)C(NC(=O)/C(=N\OCC(=O)O)c3nc(N)sc3Cl)[C@@H]2SC1. The van der Waals surface area contributed by atoms with Crippen LogP contribution < -0.4 is 11.1 Å². The van der Waals surface area contributed by atoms with E-state index in [1.807, 2.05) is 6.26 Å². The summed E-state index contributed by atoms with van der Waals surface area (Å²) < 4.78 is 0.0155. The number of aromatic nitrogens is 1. The number of nitrogens with zero attached hydrogens (tertiary/aromatic N) is 3. The van der Waals surface area contributed by atoms with Gasteiger partial charge in [0.25, 0.3) is 11.8 Å². The molecule has 1 aromatic heterocycles. The Kier molecular flexibility index (Phi) is 7.53. The van der Waals surface area contributed by atoms with E-state index in [0.29, 0.717) is 17.1 Å². The molecule has 1 unspecified atom stereocenters. The van der Waals surface area contributed by atoms with E-state index in [2.05, 4.69) is 20.3 Å². The summed E-state index contributed by atoms with van der Waals surface area (Å²) >= 11 is 9.67. The number of thioether (sulfide) groups is 2. The van der Waals surface area contributed by atoms with Gasteiger partial charge in [0.15, 0.2) is 10.8 Å². The first-order chi connectivity index (χ1) is 15.1. The summed E-state index contributed by atoms with van der Waals surface area (Å²) in [6.45, 7) is -0.826. The molecule has 0 saturated carbocycles. The zero-order chi connectivity index (χ0) is 23.6. The molecule has 3 heterocycles. The van der Waals surface area contributed by atoms with Crippen LogP contribution in [0.1, 0.15) is 5.69 Å². The number of anilines is 1. The molecular weight excluding hydrogens is 506 g/mol. The first-order valence-corrected chi connectivity index (χ1v) is 12.3. The van der Waals surface area contributed by atoms with Crippen LogP contribution in [0.3, 0.4) is 0 Å². The van der Waals surface area contributed by atoms with Gasteiger partial charge in [0, 0.05) is 11.5 Å². The monoisotopic (exact) mass is 521 g/mol. The lowest BCUT2D eigenvalue weighted by Gasteiger charge is -2.49. The van der Waals surface area contributed by atoms with E-state index in [4.69, 9.17) is 22.4 Å². The molecule has 2 atom stereocenters. The molecule has 2 aliphatic rings. The van der Waals surface area contributed by atoms with Gasteiger partial charge in [-0.15, -0.1) is 11.8 Å². The van der Waals surface area contributed by atoms with E-state index in [0.717, 1.165) is 16.2 Å². The maximum Gasteiger partial charge on any atom is 0.352 e. The summed E-state index contributed by atoms with van der Waals surface area (Å²) in [6, 6.07) is -1.03. The van der Waals surface area contributed by atoms with Crippen LogP contribution in [-0.4, -0.2) is 85.3 Å². The Morgan fingerprint density at radius 3 is 2.72 bits per heavy atom. The molecular formula is C16H16ClN5O7S3. The predicted octanol–water partition coefficient (Wildman–Crippen LogP) is 0.286. The van der Waals surface area contributed by atoms with Crippen LogP contribution in [-0.2, 0) is 24.0 Å². The van der Waals surface area contributed by atoms with Crippen LogP contribution in [0.4, 0.5) is 5.13 Å². The van der Waals surface area contributed by atoms with Crippen LogP contribution in [0.25, 0.3) is 0 Å². The van der Waals surface area contributed by atoms with Crippen molar-refractivity contribution in [3.8, 4) is 0 Å². The smallest absolute Gasteiger partial charge is 0.352 e. The highest BCUT2D eigenvalue weighted by molar-refractivity contribution is 8.00. The second kappa shape index (κ2) is 9.97. The Hall–Kier alpha value is -2.49. The van der Waals surface area contributed by atoms with Gasteiger partial charge in [-0.25, -0.2) is 14.6 Å². The molecule has 1 fully saturated rings. The van der Waals surface area contributed by atoms with Crippen molar-refractivity contribution in [1.29, 1.82) is 0 Å². The third kappa shape index (κ3) is 4.79. The van der Waals surface area contributed by atoms with Gasteiger partial charge in [0.1, 0.15) is 27.1 Å². The maximum atomic E-state index is 12.9. The number of carboxylic acids is 2. The summed E-state index contributed by atoms with van der Waals surface area (Å²) in [5.41, 5.74) is 5.55. The number of thiazole rings is 1. The highest BCUT2D eigenvalue weighted by Crippen LogP contribution is 2.41. The fourth-order valence-electron chi connectivity index (χ4n) is 2.99. The second-order valence-electron chi connectivity index (χ2n) is 6.33. The summed E-state index contributed by atoms with van der Waals surface area (Å²) in [4.78, 5) is 57.7. The number of fused-ring (bicyclic) bond motifs is 1. The number of carbonyl (C=O) groups is 4. The van der Waals surface area contributed by atoms with E-state index in [1.165, 1.54) is 23.5 Å². The van der Waals surface area contributed by atoms with Crippen molar-refractivity contribution in [3.63, 3.8) is 0 Å². The number of nitrogens with two attached hydrogens (primary N) is 1. The lowest BCUT2D eigenvalue weighted by Crippen LogP contribution is -2.71. The summed E-state index contributed by atoms with van der Waals surface area (Å²) in [5, 5.41) is 23.7. The van der Waals surface area contributed by atoms with Crippen LogP contribution >= 0.6 is 46.5 Å². The average Bonchev–Trinajstić information content (AvgIpc) is 3.06. The third-order valence-corrected chi connectivity index (χ3v) is 7.30. The average molecular weight is 522 g/mol. The number of nitrogen functional groups attached to an aromatic ring is 1. The van der Waals surface area contributed by atoms with Crippen molar-refractivity contribution in [1.82, 2.24) is 15.2 Å². The number of hydrogen-bond donors (Lipinski definition) is 4. The molecule has 2 amide bonds. The number of carbonyl (C=O) groups excluding carboxylic acids is 2. The lowest BCUT2D eigenvalue weighted by atomic mass is 10.0. The Bertz CT molecular complexity index is 1040. The number of halogens is 1. The van der Waals surface area contributed by atoms with Gasteiger partial charge in [0.05, 0.1) is 0 Å². The molecule has 16 heteroatoms. The minimum absolute atomic E-state index is 0.0155. The van der Waals surface area contributed by atoms with E-state index in [-0.39, 0.29) is 20.9 Å². The quantitative estimate of drug-likeness (QED) is 0.199. The molecule has 0 aliphatic carbocycles. The second-order valence-corrected chi connectivity index (χ2v) is 9.94. The fourth-order valence-corrected chi connectivity index (χ4v) is 5.98. The Morgan fingerprint density at radius 1 is 1.44 bits per heavy atom. The summed E-state index contributed by atoms with van der Waals surface area (Å²) in [7, 11) is 0. The minimum atomic E-state index is -1.32. The van der Waals surface area contributed by atoms with E-state index in [1.54, 1.807) is 0 Å². The highest BCUT2D eigenvalue weighted by Gasteiger charge is 2.54. The van der Waals surface area contributed by atoms with Gasteiger partial charge in [-0.1, -0.05) is 28.1 Å². The number of amides is 2.